The van der Waals surface area contributed by atoms with Crippen molar-refractivity contribution in [3.63, 3.8) is 0 Å². The van der Waals surface area contributed by atoms with Gasteiger partial charge in [-0.2, -0.15) is 4.98 Å². The molecule has 5 nitrogen and oxygen atoms in total. The van der Waals surface area contributed by atoms with Crippen LogP contribution in [0.5, 0.6) is 0 Å². The number of aliphatic hydroxyl groups excluding tert-OH is 1. The third-order valence-electron chi connectivity index (χ3n) is 3.76. The van der Waals surface area contributed by atoms with E-state index in [1.54, 1.807) is 11.3 Å². The molecule has 1 fully saturated rings. The molecule has 0 spiro atoms. The Hall–Kier alpha value is -1.40. The summed E-state index contributed by atoms with van der Waals surface area (Å²) in [6.07, 6.45) is 2.48. The second-order valence-electron chi connectivity index (χ2n) is 5.12. The molecule has 0 aromatic carbocycles. The summed E-state index contributed by atoms with van der Waals surface area (Å²) < 4.78 is 0. The van der Waals surface area contributed by atoms with E-state index in [1.807, 2.05) is 7.05 Å². The molecule has 0 unspecified atom stereocenters. The van der Waals surface area contributed by atoms with Gasteiger partial charge in [-0.05, 0) is 25.3 Å². The molecule has 1 aliphatic heterocycles. The van der Waals surface area contributed by atoms with E-state index in [0.717, 1.165) is 48.4 Å². The fourth-order valence-corrected chi connectivity index (χ4v) is 3.52. The van der Waals surface area contributed by atoms with E-state index in [0.29, 0.717) is 5.95 Å². The zero-order chi connectivity index (χ0) is 14.1. The Bertz CT molecular complexity index is 604. The molecule has 3 rings (SSSR count). The highest BCUT2D eigenvalue weighted by molar-refractivity contribution is 7.18. The lowest BCUT2D eigenvalue weighted by atomic mass is 10.1. The van der Waals surface area contributed by atoms with E-state index in [1.165, 1.54) is 4.88 Å². The van der Waals surface area contributed by atoms with Crippen LogP contribution in [0.15, 0.2) is 6.07 Å². The highest BCUT2D eigenvalue weighted by Crippen LogP contribution is 2.33. The van der Waals surface area contributed by atoms with Crippen LogP contribution >= 0.6 is 11.3 Å². The van der Waals surface area contributed by atoms with Gasteiger partial charge in [-0.25, -0.2) is 4.98 Å². The molecule has 20 heavy (non-hydrogen) atoms. The van der Waals surface area contributed by atoms with Crippen molar-refractivity contribution in [1.29, 1.82) is 0 Å². The summed E-state index contributed by atoms with van der Waals surface area (Å²) in [5, 5.41) is 13.8. The number of anilines is 2. The Morgan fingerprint density at radius 3 is 2.80 bits per heavy atom. The van der Waals surface area contributed by atoms with Gasteiger partial charge in [-0.1, -0.05) is 6.92 Å². The number of aryl methyl sites for hydroxylation is 1. The lowest BCUT2D eigenvalue weighted by molar-refractivity contribution is 0.145. The van der Waals surface area contributed by atoms with Gasteiger partial charge in [0.05, 0.1) is 11.5 Å². The first-order valence-electron chi connectivity index (χ1n) is 7.12. The first-order chi connectivity index (χ1) is 9.71. The van der Waals surface area contributed by atoms with E-state index >= 15 is 0 Å². The topological polar surface area (TPSA) is 61.3 Å². The van der Waals surface area contributed by atoms with Crippen LogP contribution in [0.25, 0.3) is 10.2 Å². The van der Waals surface area contributed by atoms with E-state index in [-0.39, 0.29) is 6.10 Å². The number of nitrogens with one attached hydrogen (secondary N) is 1. The fraction of sp³-hybridized carbons (Fsp3) is 0.571. The van der Waals surface area contributed by atoms with E-state index in [2.05, 4.69) is 33.2 Å². The number of piperidine rings is 1. The molecule has 2 N–H and O–H groups in total. The molecule has 0 radical (unpaired) electrons. The predicted octanol–water partition coefficient (Wildman–Crippen LogP) is 2.26. The van der Waals surface area contributed by atoms with Crippen molar-refractivity contribution in [2.24, 2.45) is 0 Å². The van der Waals surface area contributed by atoms with Crippen molar-refractivity contribution in [3.8, 4) is 0 Å². The monoisotopic (exact) mass is 292 g/mol. The maximum atomic E-state index is 9.66. The fourth-order valence-electron chi connectivity index (χ4n) is 2.56. The van der Waals surface area contributed by atoms with Crippen molar-refractivity contribution < 1.29 is 5.11 Å². The predicted molar refractivity (Wildman–Crippen MR) is 83.8 cm³/mol. The van der Waals surface area contributed by atoms with Crippen LogP contribution in [0.3, 0.4) is 0 Å². The average Bonchev–Trinajstić information content (AvgIpc) is 2.90. The van der Waals surface area contributed by atoms with Gasteiger partial charge < -0.3 is 15.3 Å². The molecule has 1 aliphatic rings. The van der Waals surface area contributed by atoms with Gasteiger partial charge in [-0.3, -0.25) is 0 Å². The summed E-state index contributed by atoms with van der Waals surface area (Å²) in [5.74, 6) is 1.67. The molecular formula is C14H20N4OS. The molecule has 2 aromatic rings. The minimum absolute atomic E-state index is 0.166. The smallest absolute Gasteiger partial charge is 0.225 e. The molecule has 108 valence electrons. The maximum Gasteiger partial charge on any atom is 0.225 e. The summed E-state index contributed by atoms with van der Waals surface area (Å²) in [4.78, 5) is 13.8. The molecule has 0 saturated carbocycles. The molecule has 1 saturated heterocycles. The second-order valence-corrected chi connectivity index (χ2v) is 6.24. The average molecular weight is 292 g/mol. The third kappa shape index (κ3) is 2.45. The van der Waals surface area contributed by atoms with Gasteiger partial charge in [0.1, 0.15) is 10.6 Å². The minimum atomic E-state index is -0.166. The van der Waals surface area contributed by atoms with Gasteiger partial charge in [-0.15, -0.1) is 11.3 Å². The molecule has 2 aromatic heterocycles. The highest BCUT2D eigenvalue weighted by Gasteiger charge is 2.21. The van der Waals surface area contributed by atoms with Crippen LogP contribution in [0.2, 0.25) is 0 Å². The Morgan fingerprint density at radius 1 is 1.40 bits per heavy atom. The SMILES string of the molecule is CCc1cc2c(N3CCC(O)CC3)nc(NC)nc2s1. The number of aliphatic hydroxyl groups is 1. The molecule has 3 heterocycles. The maximum absolute atomic E-state index is 9.66. The van der Waals surface area contributed by atoms with Gasteiger partial charge in [0.25, 0.3) is 0 Å². The summed E-state index contributed by atoms with van der Waals surface area (Å²) in [7, 11) is 1.85. The number of nitrogens with zero attached hydrogens (tertiary/aromatic N) is 3. The first-order valence-corrected chi connectivity index (χ1v) is 7.94. The van der Waals surface area contributed by atoms with Crippen LogP contribution in [0.4, 0.5) is 11.8 Å². The Labute approximate surface area is 122 Å². The van der Waals surface area contributed by atoms with Gasteiger partial charge in [0, 0.05) is 25.0 Å². The standard InChI is InChI=1S/C14H20N4OS/c1-3-10-8-11-12(18-6-4-9(19)5-7-18)16-14(15-2)17-13(11)20-10/h8-9,19H,3-7H2,1-2H3,(H,15,16,17). The first kappa shape index (κ1) is 13.6. The van der Waals surface area contributed by atoms with Crippen LogP contribution in [0, 0.1) is 0 Å². The largest absolute Gasteiger partial charge is 0.393 e. The van der Waals surface area contributed by atoms with Crippen LogP contribution in [0.1, 0.15) is 24.6 Å². The molecular weight excluding hydrogens is 272 g/mol. The summed E-state index contributed by atoms with van der Waals surface area (Å²) in [6, 6.07) is 2.21. The van der Waals surface area contributed by atoms with Crippen LogP contribution < -0.4 is 10.2 Å². The van der Waals surface area contributed by atoms with E-state index in [4.69, 9.17) is 0 Å². The molecule has 6 heteroatoms. The summed E-state index contributed by atoms with van der Waals surface area (Å²) in [6.45, 7) is 3.87. The van der Waals surface area contributed by atoms with Crippen LogP contribution in [-0.4, -0.2) is 41.3 Å². The molecule has 0 aliphatic carbocycles. The van der Waals surface area contributed by atoms with Crippen molar-refractivity contribution in [3.05, 3.63) is 10.9 Å². The second kappa shape index (κ2) is 5.54. The number of thiophene rings is 1. The number of rotatable bonds is 3. The van der Waals surface area contributed by atoms with Gasteiger partial charge in [0.2, 0.25) is 5.95 Å². The number of fused-ring (bicyclic) bond motifs is 1. The minimum Gasteiger partial charge on any atom is -0.393 e. The van der Waals surface area contributed by atoms with Crippen molar-refractivity contribution >= 4 is 33.3 Å². The molecule has 0 atom stereocenters. The summed E-state index contributed by atoms with van der Waals surface area (Å²) in [5.41, 5.74) is 0. The Kier molecular flexibility index (Phi) is 3.76. The number of aromatic nitrogens is 2. The van der Waals surface area contributed by atoms with E-state index in [9.17, 15) is 5.11 Å². The zero-order valence-corrected chi connectivity index (χ0v) is 12.7. The van der Waals surface area contributed by atoms with Crippen molar-refractivity contribution in [2.45, 2.75) is 32.3 Å². The van der Waals surface area contributed by atoms with Crippen molar-refractivity contribution in [1.82, 2.24) is 9.97 Å². The Balaban J connectivity index is 2.05. The van der Waals surface area contributed by atoms with Gasteiger partial charge in [0.15, 0.2) is 0 Å². The lowest BCUT2D eigenvalue weighted by Crippen LogP contribution is -2.36. The van der Waals surface area contributed by atoms with E-state index < -0.39 is 0 Å². The molecule has 0 bridgehead atoms. The third-order valence-corrected chi connectivity index (χ3v) is 4.93. The molecule has 0 amide bonds. The lowest BCUT2D eigenvalue weighted by Gasteiger charge is -2.31. The number of hydrogen-bond donors (Lipinski definition) is 2. The normalized spacial score (nSPS) is 16.9. The quantitative estimate of drug-likeness (QED) is 0.908. The van der Waals surface area contributed by atoms with Gasteiger partial charge >= 0.3 is 0 Å². The highest BCUT2D eigenvalue weighted by atomic mass is 32.1. The van der Waals surface area contributed by atoms with Crippen molar-refractivity contribution in [2.75, 3.05) is 30.4 Å². The number of hydrogen-bond acceptors (Lipinski definition) is 6. The Morgan fingerprint density at radius 2 is 2.15 bits per heavy atom. The zero-order valence-electron chi connectivity index (χ0n) is 11.9. The summed E-state index contributed by atoms with van der Waals surface area (Å²) >= 11 is 1.74. The van der Waals surface area contributed by atoms with Crippen LogP contribution in [-0.2, 0) is 6.42 Å².